The number of nitrogens with zero attached hydrogens (tertiary/aromatic N) is 2. The lowest BCUT2D eigenvalue weighted by molar-refractivity contribution is 0.286. The van der Waals surface area contributed by atoms with E-state index in [0.717, 1.165) is 55.5 Å². The number of fused-ring (bicyclic) bond motifs is 2. The third kappa shape index (κ3) is 2.98. The fourth-order valence-electron chi connectivity index (χ4n) is 4.24. The molecule has 3 heteroatoms. The molecule has 30 heavy (non-hydrogen) atoms. The van der Waals surface area contributed by atoms with Gasteiger partial charge in [0.25, 0.3) is 0 Å². The van der Waals surface area contributed by atoms with Crippen molar-refractivity contribution in [2.24, 2.45) is 0 Å². The molecular formula is C27H29N2O+. The Kier molecular flexibility index (Phi) is 5.08. The minimum Gasteiger partial charge on any atom is -0.455 e. The lowest BCUT2D eigenvalue weighted by Crippen LogP contribution is -2.51. The zero-order chi connectivity index (χ0) is 21.5. The summed E-state index contributed by atoms with van der Waals surface area (Å²) >= 11 is 0. The predicted octanol–water partition coefficient (Wildman–Crippen LogP) is 7.30. The van der Waals surface area contributed by atoms with E-state index in [1.807, 2.05) is 18.2 Å². The van der Waals surface area contributed by atoms with E-state index in [2.05, 4.69) is 77.4 Å². The number of para-hydroxylation sites is 1. The summed E-state index contributed by atoms with van der Waals surface area (Å²) in [4.78, 5) is 5.03. The molecule has 0 fully saturated rings. The van der Waals surface area contributed by atoms with Crippen molar-refractivity contribution in [3.8, 4) is 11.3 Å². The summed E-state index contributed by atoms with van der Waals surface area (Å²) in [5, 5.41) is 2.17. The molecule has 0 saturated heterocycles. The van der Waals surface area contributed by atoms with Crippen molar-refractivity contribution >= 4 is 39.7 Å². The van der Waals surface area contributed by atoms with Crippen LogP contribution < -0.4 is 4.48 Å². The number of hydrogen-bond acceptors (Lipinski definition) is 2. The molecule has 152 valence electrons. The molecule has 0 spiro atoms. The summed E-state index contributed by atoms with van der Waals surface area (Å²) in [5.74, 6) is 0.745. The second kappa shape index (κ2) is 7.58. The van der Waals surface area contributed by atoms with E-state index >= 15 is 0 Å². The molecule has 0 N–H and O–H groups in total. The molecule has 0 aliphatic carbocycles. The van der Waals surface area contributed by atoms with Crippen LogP contribution in [0.25, 0.3) is 45.3 Å². The van der Waals surface area contributed by atoms with E-state index in [0.29, 0.717) is 6.04 Å². The average molecular weight is 398 g/mol. The van der Waals surface area contributed by atoms with Crippen LogP contribution in [0.2, 0.25) is 0 Å². The van der Waals surface area contributed by atoms with Crippen LogP contribution in [-0.2, 0) is 0 Å². The summed E-state index contributed by atoms with van der Waals surface area (Å²) in [6.45, 7) is 15.6. The number of furan rings is 1. The van der Waals surface area contributed by atoms with E-state index in [-0.39, 0.29) is 0 Å². The van der Waals surface area contributed by atoms with Crippen LogP contribution in [0.5, 0.6) is 0 Å². The molecule has 0 aliphatic rings. The number of aromatic nitrogens is 1. The van der Waals surface area contributed by atoms with Crippen LogP contribution in [0.3, 0.4) is 0 Å². The highest BCUT2D eigenvalue weighted by molar-refractivity contribution is 6.03. The standard InChI is InChI=1S/C27H29N2O/c1-7-20-21-15-17-24(29(6,9-3)18(4)5)26(27(21)30-25(20)8-2)23-16-14-19-12-10-11-13-22(19)28-23/h7-8,10-18H,1-2,9H2,3-6H3/q+1. The second-order valence-corrected chi connectivity index (χ2v) is 8.19. The number of rotatable bonds is 6. The van der Waals surface area contributed by atoms with Gasteiger partial charge in [0, 0.05) is 22.4 Å². The summed E-state index contributed by atoms with van der Waals surface area (Å²) < 4.78 is 7.14. The normalized spacial score (nSPS) is 13.6. The van der Waals surface area contributed by atoms with Gasteiger partial charge in [0.05, 0.1) is 30.8 Å². The van der Waals surface area contributed by atoms with Crippen LogP contribution in [0.1, 0.15) is 32.1 Å². The molecule has 0 aliphatic heterocycles. The minimum absolute atomic E-state index is 0.402. The first-order valence-corrected chi connectivity index (χ1v) is 10.5. The Bertz CT molecular complexity index is 1260. The van der Waals surface area contributed by atoms with E-state index in [1.54, 1.807) is 6.08 Å². The molecule has 2 aromatic heterocycles. The van der Waals surface area contributed by atoms with E-state index in [9.17, 15) is 0 Å². The lowest BCUT2D eigenvalue weighted by atomic mass is 9.99. The summed E-state index contributed by atoms with van der Waals surface area (Å²) in [6.07, 6.45) is 3.60. The Morgan fingerprint density at radius 3 is 2.47 bits per heavy atom. The molecule has 1 unspecified atom stereocenters. The zero-order valence-corrected chi connectivity index (χ0v) is 18.3. The highest BCUT2D eigenvalue weighted by Gasteiger charge is 2.33. The topological polar surface area (TPSA) is 26.0 Å². The molecule has 1 atom stereocenters. The van der Waals surface area contributed by atoms with Gasteiger partial charge in [-0.05, 0) is 45.0 Å². The highest BCUT2D eigenvalue weighted by Crippen LogP contribution is 2.43. The van der Waals surface area contributed by atoms with Crippen molar-refractivity contribution in [3.63, 3.8) is 0 Å². The minimum atomic E-state index is 0.402. The molecule has 4 rings (SSSR count). The van der Waals surface area contributed by atoms with Gasteiger partial charge in [-0.15, -0.1) is 0 Å². The molecular weight excluding hydrogens is 368 g/mol. The van der Waals surface area contributed by atoms with Gasteiger partial charge >= 0.3 is 0 Å². The third-order valence-corrected chi connectivity index (χ3v) is 6.49. The van der Waals surface area contributed by atoms with Crippen molar-refractivity contribution in [3.05, 3.63) is 73.0 Å². The number of quaternary nitrogens is 1. The number of hydrogen-bond donors (Lipinski definition) is 0. The van der Waals surface area contributed by atoms with Gasteiger partial charge in [0.1, 0.15) is 17.0 Å². The van der Waals surface area contributed by atoms with Crippen LogP contribution in [0.4, 0.5) is 5.69 Å². The number of benzene rings is 2. The predicted molar refractivity (Wildman–Crippen MR) is 131 cm³/mol. The molecule has 0 bridgehead atoms. The maximum absolute atomic E-state index is 6.36. The Labute approximate surface area is 178 Å². The summed E-state index contributed by atoms with van der Waals surface area (Å²) in [5.41, 5.74) is 5.98. The van der Waals surface area contributed by atoms with E-state index in [1.165, 1.54) is 5.69 Å². The molecule has 2 heterocycles. The van der Waals surface area contributed by atoms with Crippen molar-refractivity contribution in [1.82, 2.24) is 9.47 Å². The van der Waals surface area contributed by atoms with Crippen molar-refractivity contribution < 1.29 is 4.42 Å². The van der Waals surface area contributed by atoms with E-state index < -0.39 is 0 Å². The van der Waals surface area contributed by atoms with Crippen molar-refractivity contribution in [2.75, 3.05) is 13.6 Å². The second-order valence-electron chi connectivity index (χ2n) is 8.19. The first-order valence-electron chi connectivity index (χ1n) is 10.5. The Morgan fingerprint density at radius 2 is 1.80 bits per heavy atom. The lowest BCUT2D eigenvalue weighted by Gasteiger charge is -2.38. The smallest absolute Gasteiger partial charge is 0.150 e. The Morgan fingerprint density at radius 1 is 1.03 bits per heavy atom. The first-order chi connectivity index (χ1) is 14.4. The van der Waals surface area contributed by atoms with Gasteiger partial charge in [0.2, 0.25) is 0 Å². The highest BCUT2D eigenvalue weighted by atomic mass is 16.3. The van der Waals surface area contributed by atoms with Gasteiger partial charge in [0.15, 0.2) is 5.58 Å². The maximum atomic E-state index is 6.36. The van der Waals surface area contributed by atoms with Gasteiger partial charge < -0.3 is 4.42 Å². The zero-order valence-electron chi connectivity index (χ0n) is 18.3. The molecule has 0 radical (unpaired) electrons. The van der Waals surface area contributed by atoms with Gasteiger partial charge in [-0.2, -0.15) is 0 Å². The molecule has 3 nitrogen and oxygen atoms in total. The van der Waals surface area contributed by atoms with Gasteiger partial charge in [-0.25, -0.2) is 4.98 Å². The van der Waals surface area contributed by atoms with E-state index in [4.69, 9.17) is 9.40 Å². The van der Waals surface area contributed by atoms with Crippen molar-refractivity contribution in [2.45, 2.75) is 26.8 Å². The summed E-state index contributed by atoms with van der Waals surface area (Å²) in [7, 11) is 2.28. The van der Waals surface area contributed by atoms with Crippen LogP contribution >= 0.6 is 0 Å². The quantitative estimate of drug-likeness (QED) is 0.319. The SMILES string of the molecule is C=Cc1oc2c(-c3ccc4ccccc4n3)c([N+](C)(CC)C(C)C)ccc2c1C=C. The fourth-order valence-corrected chi connectivity index (χ4v) is 4.24. The Balaban J connectivity index is 2.14. The molecule has 4 aromatic rings. The van der Waals surface area contributed by atoms with Crippen LogP contribution in [0, 0.1) is 0 Å². The average Bonchev–Trinajstić information content (AvgIpc) is 3.15. The summed E-state index contributed by atoms with van der Waals surface area (Å²) in [6, 6.07) is 17.2. The van der Waals surface area contributed by atoms with Gasteiger partial charge in [-0.1, -0.05) is 43.5 Å². The third-order valence-electron chi connectivity index (χ3n) is 6.49. The first kappa shape index (κ1) is 20.1. The molecule has 2 aromatic carbocycles. The monoisotopic (exact) mass is 397 g/mol. The van der Waals surface area contributed by atoms with Gasteiger partial charge in [-0.3, -0.25) is 4.48 Å². The van der Waals surface area contributed by atoms with Crippen molar-refractivity contribution in [1.29, 1.82) is 0 Å². The maximum Gasteiger partial charge on any atom is 0.150 e. The fraction of sp³-hybridized carbons (Fsp3) is 0.222. The van der Waals surface area contributed by atoms with Crippen LogP contribution in [0.15, 0.2) is 66.1 Å². The largest absolute Gasteiger partial charge is 0.455 e. The number of pyridine rings is 1. The molecule has 0 amide bonds. The Hall–Kier alpha value is -3.17. The van der Waals surface area contributed by atoms with Crippen LogP contribution in [-0.4, -0.2) is 24.6 Å². The molecule has 0 saturated carbocycles.